The topological polar surface area (TPSA) is 97.3 Å². The number of carbonyl (C=O) groups is 1. The zero-order chi connectivity index (χ0) is 39.6. The molecule has 9 heteroatoms. The molecule has 324 valence electrons. The number of rotatable bonds is 45. The largest absolute Gasteiger partial charge is 0.462 e. The Morgan fingerprint density at radius 3 is 1.50 bits per heavy atom. The van der Waals surface area contributed by atoms with E-state index in [1.165, 1.54) is 122 Å². The van der Waals surface area contributed by atoms with E-state index in [1.807, 2.05) is 6.92 Å². The molecule has 0 aliphatic carbocycles. The Morgan fingerprint density at radius 1 is 0.556 bits per heavy atom. The summed E-state index contributed by atoms with van der Waals surface area (Å²) in [7, 11) is -3.25. The summed E-state index contributed by atoms with van der Waals surface area (Å²) >= 11 is 0. The van der Waals surface area contributed by atoms with E-state index >= 15 is 0 Å². The highest BCUT2D eigenvalue weighted by molar-refractivity contribution is 7.51. The van der Waals surface area contributed by atoms with Gasteiger partial charge in [-0.15, -0.1) is 0 Å². The Kier molecular flexibility index (Phi) is 41.7. The van der Waals surface area contributed by atoms with Crippen LogP contribution in [0.2, 0.25) is 0 Å². The number of aliphatic hydroxyl groups excluding tert-OH is 1. The molecule has 0 bridgehead atoms. The molecule has 0 aromatic rings. The van der Waals surface area contributed by atoms with Gasteiger partial charge in [0.25, 0.3) is 0 Å². The lowest BCUT2D eigenvalue weighted by Crippen LogP contribution is -2.29. The number of aliphatic hydroxyl groups is 1. The summed E-state index contributed by atoms with van der Waals surface area (Å²) in [5, 5.41) is 12.7. The van der Waals surface area contributed by atoms with Crippen LogP contribution in [0.3, 0.4) is 0 Å². The molecule has 1 atom stereocenters. The van der Waals surface area contributed by atoms with Crippen molar-refractivity contribution in [3.63, 3.8) is 0 Å². The fraction of sp³-hybridized carbons (Fsp3) is 0.978. The lowest BCUT2D eigenvalue weighted by Gasteiger charge is -2.21. The fourth-order valence-electron chi connectivity index (χ4n) is 7.17. The molecule has 2 N–H and O–H groups in total. The molecule has 0 fully saturated rings. The third kappa shape index (κ3) is 37.1. The summed E-state index contributed by atoms with van der Waals surface area (Å²) in [4.78, 5) is 15.1. The first kappa shape index (κ1) is 53.5. The van der Waals surface area contributed by atoms with Gasteiger partial charge in [0, 0.05) is 19.5 Å². The van der Waals surface area contributed by atoms with Crippen LogP contribution in [0.4, 0.5) is 0 Å². The van der Waals surface area contributed by atoms with E-state index in [2.05, 4.69) is 30.8 Å². The predicted molar refractivity (Wildman–Crippen MR) is 231 cm³/mol. The predicted octanol–water partition coefficient (Wildman–Crippen LogP) is 13.5. The van der Waals surface area contributed by atoms with Crippen molar-refractivity contribution in [1.82, 2.24) is 9.99 Å². The Bertz CT molecular complexity index is 803. The van der Waals surface area contributed by atoms with Gasteiger partial charge in [0.1, 0.15) is 6.10 Å². The molecule has 0 aliphatic rings. The average molecular weight is 789 g/mol. The van der Waals surface area contributed by atoms with E-state index in [0.717, 1.165) is 90.1 Å². The molecule has 8 nitrogen and oxygen atoms in total. The minimum atomic E-state index is -3.25. The molecule has 0 aromatic heterocycles. The number of ether oxygens (including phenoxy) is 1. The number of hydrogen-bond donors (Lipinski definition) is 2. The highest BCUT2D eigenvalue weighted by Gasteiger charge is 2.23. The van der Waals surface area contributed by atoms with E-state index in [4.69, 9.17) is 13.8 Å². The Balaban J connectivity index is 4.15. The van der Waals surface area contributed by atoms with Crippen LogP contribution in [-0.4, -0.2) is 68.1 Å². The van der Waals surface area contributed by atoms with Gasteiger partial charge in [-0.25, -0.2) is 9.65 Å². The maximum atomic E-state index is 13.1. The minimum absolute atomic E-state index is 0.00334. The highest BCUT2D eigenvalue weighted by atomic mass is 31.2. The third-order valence-electron chi connectivity index (χ3n) is 10.6. The van der Waals surface area contributed by atoms with Gasteiger partial charge >= 0.3 is 13.7 Å². The van der Waals surface area contributed by atoms with Gasteiger partial charge < -0.3 is 14.7 Å². The monoisotopic (exact) mass is 789 g/mol. The number of nitrogens with zero attached hydrogens (tertiary/aromatic N) is 1. The van der Waals surface area contributed by atoms with Crippen molar-refractivity contribution >= 4 is 13.7 Å². The molecule has 0 heterocycles. The molecule has 0 aromatic carbocycles. The fourth-order valence-corrected chi connectivity index (χ4v) is 8.57. The van der Waals surface area contributed by atoms with E-state index in [0.29, 0.717) is 32.7 Å². The summed E-state index contributed by atoms with van der Waals surface area (Å²) < 4.78 is 30.3. The SMILES string of the molecule is CCCCCCCCCCCOP(=O)(NCCCCCN(CCO)CCCCCCCC(=O)OC(CCCCCCCC)CCCCCCCC)OCC. The third-order valence-corrected chi connectivity index (χ3v) is 12.3. The van der Waals surface area contributed by atoms with Crippen LogP contribution >= 0.6 is 7.75 Å². The average Bonchev–Trinajstić information content (AvgIpc) is 3.16. The quantitative estimate of drug-likeness (QED) is 0.0358. The van der Waals surface area contributed by atoms with Crippen LogP contribution in [0.15, 0.2) is 0 Å². The number of nitrogens with one attached hydrogen (secondary N) is 1. The van der Waals surface area contributed by atoms with Gasteiger partial charge in [-0.3, -0.25) is 13.8 Å². The molecular weight excluding hydrogens is 695 g/mol. The number of hydrogen-bond acceptors (Lipinski definition) is 7. The summed E-state index contributed by atoms with van der Waals surface area (Å²) in [5.74, 6) is 0.00334. The highest BCUT2D eigenvalue weighted by Crippen LogP contribution is 2.43. The molecule has 0 saturated carbocycles. The van der Waals surface area contributed by atoms with Crippen LogP contribution in [0, 0.1) is 0 Å². The van der Waals surface area contributed by atoms with Crippen molar-refractivity contribution in [1.29, 1.82) is 0 Å². The Hall–Kier alpha value is -0.500. The standard InChI is InChI=1S/C45H93N2O6P/c1-5-9-12-15-18-19-20-26-34-43-52-54(50,51-8-4)46-38-31-27-33-40-47(41-42-48)39-32-25-21-24-30-37-45(49)53-44(35-28-22-16-13-10-6-2)36-29-23-17-14-11-7-3/h44,48H,5-43H2,1-4H3,(H,46,50). The molecule has 0 radical (unpaired) electrons. The van der Waals surface area contributed by atoms with Gasteiger partial charge in [0.05, 0.1) is 19.8 Å². The van der Waals surface area contributed by atoms with Gasteiger partial charge in [0.2, 0.25) is 0 Å². The van der Waals surface area contributed by atoms with Crippen molar-refractivity contribution in [2.75, 3.05) is 46.0 Å². The molecule has 0 spiro atoms. The second kappa shape index (κ2) is 42.1. The van der Waals surface area contributed by atoms with Crippen molar-refractivity contribution < 1.29 is 28.3 Å². The summed E-state index contributed by atoms with van der Waals surface area (Å²) in [5.41, 5.74) is 0. The first-order valence-electron chi connectivity index (χ1n) is 23.6. The van der Waals surface area contributed by atoms with Crippen molar-refractivity contribution in [3.05, 3.63) is 0 Å². The molecule has 0 aliphatic heterocycles. The molecule has 54 heavy (non-hydrogen) atoms. The molecule has 1 unspecified atom stereocenters. The first-order valence-corrected chi connectivity index (χ1v) is 25.2. The van der Waals surface area contributed by atoms with Crippen molar-refractivity contribution in [2.24, 2.45) is 0 Å². The van der Waals surface area contributed by atoms with Crippen LogP contribution in [0.1, 0.15) is 233 Å². The second-order valence-corrected chi connectivity index (χ2v) is 17.7. The Morgan fingerprint density at radius 2 is 1.00 bits per heavy atom. The Labute approximate surface area is 336 Å². The van der Waals surface area contributed by atoms with Crippen molar-refractivity contribution in [2.45, 2.75) is 239 Å². The minimum Gasteiger partial charge on any atom is -0.462 e. The molecule has 0 saturated heterocycles. The summed E-state index contributed by atoms with van der Waals surface area (Å²) in [6, 6.07) is 0. The van der Waals surface area contributed by atoms with E-state index in [1.54, 1.807) is 0 Å². The summed E-state index contributed by atoms with van der Waals surface area (Å²) in [6.45, 7) is 12.9. The van der Waals surface area contributed by atoms with Crippen LogP contribution in [-0.2, 0) is 23.1 Å². The summed E-state index contributed by atoms with van der Waals surface area (Å²) in [6.07, 6.45) is 37.5. The van der Waals surface area contributed by atoms with E-state index in [9.17, 15) is 14.5 Å². The van der Waals surface area contributed by atoms with Gasteiger partial charge in [0.15, 0.2) is 0 Å². The maximum Gasteiger partial charge on any atom is 0.405 e. The zero-order valence-corrected chi connectivity index (χ0v) is 37.4. The zero-order valence-electron chi connectivity index (χ0n) is 36.5. The second-order valence-electron chi connectivity index (χ2n) is 15.9. The number of esters is 1. The van der Waals surface area contributed by atoms with Gasteiger partial charge in [-0.1, -0.05) is 162 Å². The van der Waals surface area contributed by atoms with Crippen molar-refractivity contribution in [3.8, 4) is 0 Å². The number of unbranched alkanes of at least 4 members (excludes halogenated alkanes) is 24. The smallest absolute Gasteiger partial charge is 0.405 e. The normalized spacial score (nSPS) is 12.9. The molecule has 0 rings (SSSR count). The number of carbonyl (C=O) groups excluding carboxylic acids is 1. The van der Waals surface area contributed by atoms with Crippen LogP contribution in [0.5, 0.6) is 0 Å². The first-order chi connectivity index (χ1) is 26.4. The van der Waals surface area contributed by atoms with Crippen LogP contribution in [0.25, 0.3) is 0 Å². The van der Waals surface area contributed by atoms with Gasteiger partial charge in [-0.2, -0.15) is 0 Å². The maximum absolute atomic E-state index is 13.1. The lowest BCUT2D eigenvalue weighted by atomic mass is 10.0. The molecular formula is C45H93N2O6P. The molecule has 0 amide bonds. The van der Waals surface area contributed by atoms with E-state index in [-0.39, 0.29) is 18.7 Å². The van der Waals surface area contributed by atoms with E-state index < -0.39 is 7.75 Å². The van der Waals surface area contributed by atoms with Gasteiger partial charge in [-0.05, 0) is 77.8 Å². The lowest BCUT2D eigenvalue weighted by molar-refractivity contribution is -0.150. The van der Waals surface area contributed by atoms with Crippen LogP contribution < -0.4 is 5.09 Å².